The van der Waals surface area contributed by atoms with Crippen molar-refractivity contribution in [3.8, 4) is 22.8 Å². The monoisotopic (exact) mass is 496 g/mol. The normalized spacial score (nSPS) is 16.6. The Kier molecular flexibility index (Phi) is 6.64. The third-order valence-corrected chi connectivity index (χ3v) is 7.17. The number of hydrogen-bond acceptors (Lipinski definition) is 5. The Morgan fingerprint density at radius 3 is 2.58 bits per heavy atom. The maximum Gasteiger partial charge on any atom is 0.387 e. The van der Waals surface area contributed by atoms with Crippen LogP contribution in [-0.2, 0) is 5.41 Å². The van der Waals surface area contributed by atoms with E-state index in [-0.39, 0.29) is 11.2 Å². The van der Waals surface area contributed by atoms with Crippen molar-refractivity contribution in [2.75, 3.05) is 26.7 Å². The predicted molar refractivity (Wildman–Crippen MR) is 138 cm³/mol. The van der Waals surface area contributed by atoms with Crippen LogP contribution in [0.2, 0.25) is 0 Å². The summed E-state index contributed by atoms with van der Waals surface area (Å²) in [5, 5.41) is 3.27. The Labute approximate surface area is 210 Å². The molecule has 6 nitrogen and oxygen atoms in total. The Balaban J connectivity index is 1.51. The van der Waals surface area contributed by atoms with Crippen LogP contribution in [0.4, 0.5) is 8.78 Å². The zero-order valence-electron chi connectivity index (χ0n) is 21.2. The summed E-state index contributed by atoms with van der Waals surface area (Å²) in [4.78, 5) is 7.16. The molecule has 1 aliphatic heterocycles. The van der Waals surface area contributed by atoms with Crippen molar-refractivity contribution < 1.29 is 18.3 Å². The molecule has 0 unspecified atom stereocenters. The van der Waals surface area contributed by atoms with Crippen LogP contribution in [0, 0.1) is 0 Å². The number of methoxy groups -OCH3 is 1. The molecule has 2 aliphatic rings. The molecule has 3 aromatic rings. The van der Waals surface area contributed by atoms with Gasteiger partial charge in [0, 0.05) is 35.5 Å². The van der Waals surface area contributed by atoms with Gasteiger partial charge in [0.25, 0.3) is 0 Å². The molecule has 192 valence electrons. The number of ether oxygens (including phenoxy) is 2. The number of hydrogen-bond donors (Lipinski definition) is 1. The lowest BCUT2D eigenvalue weighted by molar-refractivity contribution is -0.0501. The van der Waals surface area contributed by atoms with Crippen LogP contribution in [0.1, 0.15) is 50.7 Å². The summed E-state index contributed by atoms with van der Waals surface area (Å²) in [7, 11) is 1.52. The van der Waals surface area contributed by atoms with Gasteiger partial charge in [-0.25, -0.2) is 4.98 Å². The van der Waals surface area contributed by atoms with Crippen molar-refractivity contribution >= 4 is 11.3 Å². The number of benzene rings is 1. The quantitative estimate of drug-likeness (QED) is 0.390. The van der Waals surface area contributed by atoms with Gasteiger partial charge in [-0.15, -0.1) is 0 Å². The van der Waals surface area contributed by atoms with E-state index < -0.39 is 6.61 Å². The van der Waals surface area contributed by atoms with Gasteiger partial charge in [0.1, 0.15) is 17.1 Å². The van der Waals surface area contributed by atoms with E-state index in [0.717, 1.165) is 43.8 Å². The molecule has 1 N–H and O–H groups in total. The third-order valence-electron chi connectivity index (χ3n) is 7.17. The van der Waals surface area contributed by atoms with Crippen LogP contribution in [-0.4, -0.2) is 53.7 Å². The maximum atomic E-state index is 13.4. The average Bonchev–Trinajstić information content (AvgIpc) is 3.31. The summed E-state index contributed by atoms with van der Waals surface area (Å²) in [5.41, 5.74) is 4.36. The number of imidazole rings is 1. The number of halogens is 2. The first-order valence-electron chi connectivity index (χ1n) is 12.6. The van der Waals surface area contributed by atoms with Gasteiger partial charge in [-0.05, 0) is 68.6 Å². The zero-order chi connectivity index (χ0) is 25.4. The van der Waals surface area contributed by atoms with Crippen LogP contribution < -0.4 is 14.8 Å². The highest BCUT2D eigenvalue weighted by molar-refractivity contribution is 5.79. The maximum absolute atomic E-state index is 13.4. The molecule has 1 aromatic carbocycles. The van der Waals surface area contributed by atoms with Crippen LogP contribution in [0.5, 0.6) is 11.5 Å². The largest absolute Gasteiger partial charge is 0.496 e. The molecular weight excluding hydrogens is 462 g/mol. The molecule has 0 spiro atoms. The summed E-state index contributed by atoms with van der Waals surface area (Å²) in [6.07, 6.45) is 8.35. The number of rotatable bonds is 10. The lowest BCUT2D eigenvalue weighted by Gasteiger charge is -2.30. The van der Waals surface area contributed by atoms with Crippen LogP contribution in [0.25, 0.3) is 22.6 Å². The average molecular weight is 497 g/mol. The Hall–Kier alpha value is -3.13. The number of nitrogens with zero attached hydrogens (tertiary/aromatic N) is 3. The van der Waals surface area contributed by atoms with Crippen LogP contribution in [0.15, 0.2) is 43.2 Å². The first-order valence-corrected chi connectivity index (χ1v) is 12.6. The van der Waals surface area contributed by atoms with Crippen LogP contribution in [0.3, 0.4) is 0 Å². The van der Waals surface area contributed by atoms with E-state index in [1.165, 1.54) is 25.5 Å². The van der Waals surface area contributed by atoms with Gasteiger partial charge < -0.3 is 19.7 Å². The van der Waals surface area contributed by atoms with Gasteiger partial charge in [0.2, 0.25) is 0 Å². The van der Waals surface area contributed by atoms with E-state index in [1.807, 2.05) is 16.7 Å². The number of fused-ring (bicyclic) bond motifs is 1. The number of likely N-dealkylation sites (tertiary alicyclic amines) is 1. The summed E-state index contributed by atoms with van der Waals surface area (Å²) in [5.74, 6) is 0.440. The van der Waals surface area contributed by atoms with Crippen molar-refractivity contribution in [1.29, 1.82) is 0 Å². The minimum atomic E-state index is -2.97. The fraction of sp³-hybridized carbons (Fsp3) is 0.464. The van der Waals surface area contributed by atoms with Gasteiger partial charge in [0.15, 0.2) is 0 Å². The van der Waals surface area contributed by atoms with E-state index in [9.17, 15) is 8.78 Å². The second-order valence-electron chi connectivity index (χ2n) is 10.5. The summed E-state index contributed by atoms with van der Waals surface area (Å²) in [6.45, 7) is 8.93. The standard InChI is InChI=1S/C28H34F2N4O2/c1-18(32-21-7-8-21)26-23(35-4)13-19(14-24(26)36-27(29)30)22-16-31-25-15-20(9-12-34(22)25)28(2,3)17-33-10-5-6-11-33/h9,12-16,21,27,32H,1,5-8,10-11,17H2,2-4H3. The topological polar surface area (TPSA) is 51.0 Å². The summed E-state index contributed by atoms with van der Waals surface area (Å²) < 4.78 is 39.3. The SMILES string of the molecule is C=C(NC1CC1)c1c(OC)cc(-c2cnc3cc(C(C)(C)CN4CCCC4)ccn23)cc1OC(F)F. The zero-order valence-corrected chi connectivity index (χ0v) is 21.2. The highest BCUT2D eigenvalue weighted by atomic mass is 19.3. The van der Waals surface area contributed by atoms with Gasteiger partial charge in [-0.2, -0.15) is 8.78 Å². The summed E-state index contributed by atoms with van der Waals surface area (Å²) >= 11 is 0. The van der Waals surface area contributed by atoms with Gasteiger partial charge in [-0.3, -0.25) is 4.40 Å². The highest BCUT2D eigenvalue weighted by Crippen LogP contribution is 2.40. The molecule has 5 rings (SSSR count). The van der Waals surface area contributed by atoms with Gasteiger partial charge in [0.05, 0.1) is 24.6 Å². The Bertz CT molecular complexity index is 1260. The van der Waals surface area contributed by atoms with E-state index in [2.05, 4.69) is 47.8 Å². The predicted octanol–water partition coefficient (Wildman–Crippen LogP) is 5.71. The lowest BCUT2D eigenvalue weighted by atomic mass is 9.84. The molecule has 2 fully saturated rings. The van der Waals surface area contributed by atoms with E-state index >= 15 is 0 Å². The Morgan fingerprint density at radius 1 is 1.19 bits per heavy atom. The molecule has 0 amide bonds. The second kappa shape index (κ2) is 9.73. The molecule has 3 heterocycles. The highest BCUT2D eigenvalue weighted by Gasteiger charge is 2.28. The Morgan fingerprint density at radius 2 is 1.92 bits per heavy atom. The minimum absolute atomic E-state index is 0.0176. The van der Waals surface area contributed by atoms with Crippen molar-refractivity contribution in [3.63, 3.8) is 0 Å². The number of pyridine rings is 1. The van der Waals surface area contributed by atoms with Crippen molar-refractivity contribution in [2.24, 2.45) is 0 Å². The van der Waals surface area contributed by atoms with Crippen LogP contribution >= 0.6 is 0 Å². The molecule has 0 radical (unpaired) electrons. The minimum Gasteiger partial charge on any atom is -0.496 e. The molecule has 8 heteroatoms. The lowest BCUT2D eigenvalue weighted by Crippen LogP contribution is -2.35. The number of alkyl halides is 2. The molecular formula is C28H34F2N4O2. The van der Waals surface area contributed by atoms with Crippen molar-refractivity contribution in [2.45, 2.75) is 57.6 Å². The third kappa shape index (κ3) is 5.05. The molecule has 0 atom stereocenters. The van der Waals surface area contributed by atoms with Crippen molar-refractivity contribution in [1.82, 2.24) is 19.6 Å². The molecule has 1 aliphatic carbocycles. The summed E-state index contributed by atoms with van der Waals surface area (Å²) in [6, 6.07) is 7.98. The molecule has 0 bridgehead atoms. The van der Waals surface area contributed by atoms with E-state index in [1.54, 1.807) is 12.3 Å². The first-order chi connectivity index (χ1) is 17.2. The molecule has 2 aromatic heterocycles. The fourth-order valence-electron chi connectivity index (χ4n) is 5.14. The second-order valence-corrected chi connectivity index (χ2v) is 10.5. The van der Waals surface area contributed by atoms with Gasteiger partial charge in [-0.1, -0.05) is 20.4 Å². The van der Waals surface area contributed by atoms with E-state index in [0.29, 0.717) is 28.6 Å². The smallest absolute Gasteiger partial charge is 0.387 e. The van der Waals surface area contributed by atoms with E-state index in [4.69, 9.17) is 9.47 Å². The first kappa shape index (κ1) is 24.6. The van der Waals surface area contributed by atoms with Gasteiger partial charge >= 0.3 is 6.61 Å². The number of nitrogens with one attached hydrogen (secondary N) is 1. The number of aromatic nitrogens is 2. The molecule has 36 heavy (non-hydrogen) atoms. The fourth-order valence-corrected chi connectivity index (χ4v) is 5.14. The molecule has 1 saturated carbocycles. The molecule has 1 saturated heterocycles. The van der Waals surface area contributed by atoms with Crippen molar-refractivity contribution in [3.05, 3.63) is 54.4 Å².